The van der Waals surface area contributed by atoms with E-state index in [1.54, 1.807) is 12.1 Å². The predicted octanol–water partition coefficient (Wildman–Crippen LogP) is 5.75. The Bertz CT molecular complexity index is 573. The largest absolute Gasteiger partial charge is 0.497 e. The van der Waals surface area contributed by atoms with E-state index in [0.29, 0.717) is 11.3 Å². The molecular formula is C12H8Br2ClFOS. The Kier molecular flexibility index (Phi) is 4.69. The molecule has 0 fully saturated rings. The molecule has 0 radical (unpaired) electrons. The molecule has 1 nitrogen and oxygen atoms in total. The first-order chi connectivity index (χ1) is 8.52. The van der Waals surface area contributed by atoms with E-state index >= 15 is 0 Å². The second-order valence-electron chi connectivity index (χ2n) is 3.53. The van der Waals surface area contributed by atoms with Gasteiger partial charge in [-0.1, -0.05) is 6.07 Å². The fourth-order valence-corrected chi connectivity index (χ4v) is 4.98. The summed E-state index contributed by atoms with van der Waals surface area (Å²) >= 11 is 14.6. The number of alkyl halides is 1. The Labute approximate surface area is 130 Å². The van der Waals surface area contributed by atoms with Crippen LogP contribution in [0.15, 0.2) is 31.8 Å². The van der Waals surface area contributed by atoms with Gasteiger partial charge in [0.2, 0.25) is 0 Å². The number of benzene rings is 1. The lowest BCUT2D eigenvalue weighted by atomic mass is 10.1. The number of hydrogen-bond donors (Lipinski definition) is 0. The summed E-state index contributed by atoms with van der Waals surface area (Å²) in [6.07, 6.45) is 0. The number of methoxy groups -OCH3 is 1. The van der Waals surface area contributed by atoms with Gasteiger partial charge in [-0.15, -0.1) is 22.9 Å². The fraction of sp³-hybridized carbons (Fsp3) is 0.167. The van der Waals surface area contributed by atoms with Crippen molar-refractivity contribution in [3.05, 3.63) is 48.8 Å². The monoisotopic (exact) mass is 412 g/mol. The van der Waals surface area contributed by atoms with Gasteiger partial charge < -0.3 is 4.74 Å². The highest BCUT2D eigenvalue weighted by atomic mass is 79.9. The van der Waals surface area contributed by atoms with Crippen molar-refractivity contribution in [3.8, 4) is 5.75 Å². The van der Waals surface area contributed by atoms with Crippen LogP contribution in [0.1, 0.15) is 16.5 Å². The number of thiophene rings is 1. The summed E-state index contributed by atoms with van der Waals surface area (Å²) in [5, 5.41) is -0.534. The third-order valence-corrected chi connectivity index (χ3v) is 5.29. The third-order valence-electron chi connectivity index (χ3n) is 2.44. The first kappa shape index (κ1) is 14.3. The van der Waals surface area contributed by atoms with E-state index < -0.39 is 5.38 Å². The zero-order chi connectivity index (χ0) is 13.3. The van der Waals surface area contributed by atoms with Crippen LogP contribution < -0.4 is 4.74 Å². The molecular weight excluding hydrogens is 406 g/mol. The molecule has 0 aliphatic carbocycles. The number of ether oxygens (including phenoxy) is 1. The van der Waals surface area contributed by atoms with Crippen molar-refractivity contribution in [3.63, 3.8) is 0 Å². The molecule has 1 unspecified atom stereocenters. The summed E-state index contributed by atoms with van der Waals surface area (Å²) in [6, 6.07) is 6.56. The second kappa shape index (κ2) is 5.90. The molecule has 0 aliphatic rings. The molecule has 0 N–H and O–H groups in total. The maximum atomic E-state index is 13.9. The summed E-state index contributed by atoms with van der Waals surface area (Å²) in [6.45, 7) is 0. The summed E-state index contributed by atoms with van der Waals surface area (Å²) in [7, 11) is 1.50. The van der Waals surface area contributed by atoms with Crippen LogP contribution in [0.3, 0.4) is 0 Å². The maximum Gasteiger partial charge on any atom is 0.131 e. The molecule has 1 atom stereocenters. The van der Waals surface area contributed by atoms with Crippen molar-refractivity contribution in [1.29, 1.82) is 0 Å². The average molecular weight is 415 g/mol. The van der Waals surface area contributed by atoms with Gasteiger partial charge in [-0.3, -0.25) is 0 Å². The van der Waals surface area contributed by atoms with Crippen LogP contribution in [0.2, 0.25) is 0 Å². The minimum absolute atomic E-state index is 0.372. The van der Waals surface area contributed by atoms with Crippen LogP contribution in [0.5, 0.6) is 5.75 Å². The van der Waals surface area contributed by atoms with Gasteiger partial charge in [0.15, 0.2) is 0 Å². The zero-order valence-electron chi connectivity index (χ0n) is 9.22. The van der Waals surface area contributed by atoms with E-state index in [9.17, 15) is 4.39 Å². The van der Waals surface area contributed by atoms with Crippen molar-refractivity contribution >= 4 is 54.8 Å². The van der Waals surface area contributed by atoms with Crippen molar-refractivity contribution in [1.82, 2.24) is 0 Å². The average Bonchev–Trinajstić information content (AvgIpc) is 2.67. The van der Waals surface area contributed by atoms with Crippen LogP contribution in [0.4, 0.5) is 4.39 Å². The Hall–Kier alpha value is -0.100. The van der Waals surface area contributed by atoms with Crippen molar-refractivity contribution in [2.75, 3.05) is 7.11 Å². The molecule has 0 saturated carbocycles. The predicted molar refractivity (Wildman–Crippen MR) is 80.4 cm³/mol. The second-order valence-corrected chi connectivity index (χ2v) is 7.72. The molecule has 2 aromatic rings. The molecule has 6 heteroatoms. The Morgan fingerprint density at radius 2 is 2.00 bits per heavy atom. The summed E-state index contributed by atoms with van der Waals surface area (Å²) in [5.41, 5.74) is 1.28. The van der Waals surface area contributed by atoms with Gasteiger partial charge in [0.25, 0.3) is 0 Å². The van der Waals surface area contributed by atoms with Crippen LogP contribution in [-0.4, -0.2) is 7.11 Å². The summed E-state index contributed by atoms with van der Waals surface area (Å²) < 4.78 is 20.7. The molecule has 1 aromatic carbocycles. The van der Waals surface area contributed by atoms with Gasteiger partial charge in [-0.2, -0.15) is 0 Å². The third kappa shape index (κ3) is 2.90. The lowest BCUT2D eigenvalue weighted by molar-refractivity contribution is 0.410. The fourth-order valence-electron chi connectivity index (χ4n) is 1.53. The molecule has 0 saturated heterocycles. The molecule has 0 bridgehead atoms. The summed E-state index contributed by atoms with van der Waals surface area (Å²) in [5.74, 6) is 0.106. The van der Waals surface area contributed by atoms with Crippen LogP contribution in [0.25, 0.3) is 0 Å². The van der Waals surface area contributed by atoms with E-state index in [4.69, 9.17) is 16.3 Å². The zero-order valence-corrected chi connectivity index (χ0v) is 14.0. The van der Waals surface area contributed by atoms with Gasteiger partial charge in [0.1, 0.15) is 11.6 Å². The summed E-state index contributed by atoms with van der Waals surface area (Å²) in [4.78, 5) is 0. The van der Waals surface area contributed by atoms with Gasteiger partial charge in [-0.05, 0) is 44.0 Å². The number of hydrogen-bond acceptors (Lipinski definition) is 2. The van der Waals surface area contributed by atoms with Crippen molar-refractivity contribution in [2.45, 2.75) is 5.38 Å². The van der Waals surface area contributed by atoms with Crippen LogP contribution in [0, 0.1) is 5.82 Å². The molecule has 0 amide bonds. The van der Waals surface area contributed by atoms with E-state index in [-0.39, 0.29) is 5.82 Å². The first-order valence-corrected chi connectivity index (χ1v) is 7.79. The SMILES string of the molecule is COc1ccc(C(Cl)c2cc(Br)sc2Br)c(F)c1. The lowest BCUT2D eigenvalue weighted by Gasteiger charge is -2.11. The molecule has 0 aliphatic heterocycles. The quantitative estimate of drug-likeness (QED) is 0.581. The van der Waals surface area contributed by atoms with Gasteiger partial charge in [0, 0.05) is 17.2 Å². The van der Waals surface area contributed by atoms with E-state index in [1.807, 2.05) is 6.07 Å². The topological polar surface area (TPSA) is 9.23 Å². The number of rotatable bonds is 3. The number of halogens is 4. The molecule has 18 heavy (non-hydrogen) atoms. The van der Waals surface area contributed by atoms with Crippen LogP contribution >= 0.6 is 54.8 Å². The smallest absolute Gasteiger partial charge is 0.131 e. The van der Waals surface area contributed by atoms with Crippen molar-refractivity contribution in [2.24, 2.45) is 0 Å². The van der Waals surface area contributed by atoms with E-state index in [2.05, 4.69) is 31.9 Å². The van der Waals surface area contributed by atoms with Gasteiger partial charge in [-0.25, -0.2) is 4.39 Å². The highest BCUT2D eigenvalue weighted by Crippen LogP contribution is 2.41. The minimum Gasteiger partial charge on any atom is -0.497 e. The first-order valence-electron chi connectivity index (χ1n) is 4.95. The molecule has 1 aromatic heterocycles. The molecule has 1 heterocycles. The Morgan fingerprint density at radius 3 is 2.50 bits per heavy atom. The molecule has 96 valence electrons. The Morgan fingerprint density at radius 1 is 1.28 bits per heavy atom. The van der Waals surface area contributed by atoms with E-state index in [1.165, 1.54) is 24.5 Å². The lowest BCUT2D eigenvalue weighted by Crippen LogP contribution is -1.97. The molecule has 2 rings (SSSR count). The normalized spacial score (nSPS) is 12.5. The Balaban J connectivity index is 2.39. The maximum absolute atomic E-state index is 13.9. The van der Waals surface area contributed by atoms with Crippen LogP contribution in [-0.2, 0) is 0 Å². The highest BCUT2D eigenvalue weighted by Gasteiger charge is 2.20. The minimum atomic E-state index is -0.534. The van der Waals surface area contributed by atoms with Gasteiger partial charge in [0.05, 0.1) is 20.1 Å². The van der Waals surface area contributed by atoms with Crippen molar-refractivity contribution < 1.29 is 9.13 Å². The molecule has 0 spiro atoms. The van der Waals surface area contributed by atoms with E-state index in [0.717, 1.165) is 13.1 Å². The highest BCUT2D eigenvalue weighted by molar-refractivity contribution is 9.12. The standard InChI is InChI=1S/C12H8Br2ClFOS/c1-17-6-2-3-7(9(16)4-6)11(15)8-5-10(13)18-12(8)14/h2-5,11H,1H3. The van der Waals surface area contributed by atoms with Gasteiger partial charge >= 0.3 is 0 Å².